The van der Waals surface area contributed by atoms with Crippen molar-refractivity contribution in [3.63, 3.8) is 0 Å². The van der Waals surface area contributed by atoms with Crippen molar-refractivity contribution in [1.29, 1.82) is 0 Å². The Balaban J connectivity index is 2.20. The molecule has 0 fully saturated rings. The normalized spacial score (nSPS) is 12.2. The molecular formula is C16H18ClNO. The second-order valence-corrected chi connectivity index (χ2v) is 5.30. The van der Waals surface area contributed by atoms with E-state index in [0.717, 1.165) is 27.4 Å². The lowest BCUT2D eigenvalue weighted by atomic mass is 10.0. The van der Waals surface area contributed by atoms with E-state index in [0.29, 0.717) is 5.75 Å². The first-order valence-electron chi connectivity index (χ1n) is 6.29. The van der Waals surface area contributed by atoms with Gasteiger partial charge in [0.05, 0.1) is 6.04 Å². The molecule has 0 saturated carbocycles. The van der Waals surface area contributed by atoms with Crippen LogP contribution >= 0.6 is 11.6 Å². The number of hydrogen-bond acceptors (Lipinski definition) is 2. The standard InChI is InChI=1S/C16H18ClNO/c1-10-4-7-14(16(19)8-10)12(3)18-13-6-5-11(2)15(17)9-13/h4-9,12,18-19H,1-3H3. The van der Waals surface area contributed by atoms with E-state index >= 15 is 0 Å². The van der Waals surface area contributed by atoms with Crippen molar-refractivity contribution < 1.29 is 5.11 Å². The molecule has 0 saturated heterocycles. The molecular weight excluding hydrogens is 258 g/mol. The number of aromatic hydroxyl groups is 1. The number of aryl methyl sites for hydroxylation is 2. The number of nitrogens with one attached hydrogen (secondary N) is 1. The summed E-state index contributed by atoms with van der Waals surface area (Å²) < 4.78 is 0. The molecule has 3 heteroatoms. The van der Waals surface area contributed by atoms with E-state index in [1.54, 1.807) is 6.07 Å². The van der Waals surface area contributed by atoms with Crippen molar-refractivity contribution in [2.75, 3.05) is 5.32 Å². The van der Waals surface area contributed by atoms with E-state index in [-0.39, 0.29) is 6.04 Å². The van der Waals surface area contributed by atoms with Crippen LogP contribution in [-0.2, 0) is 0 Å². The maximum atomic E-state index is 9.97. The maximum absolute atomic E-state index is 9.97. The number of phenols is 1. The van der Waals surface area contributed by atoms with Gasteiger partial charge in [0.15, 0.2) is 0 Å². The lowest BCUT2D eigenvalue weighted by Gasteiger charge is -2.17. The number of benzene rings is 2. The Labute approximate surface area is 119 Å². The molecule has 0 bridgehead atoms. The smallest absolute Gasteiger partial charge is 0.121 e. The summed E-state index contributed by atoms with van der Waals surface area (Å²) in [7, 11) is 0. The van der Waals surface area contributed by atoms with Crippen molar-refractivity contribution in [1.82, 2.24) is 0 Å². The molecule has 100 valence electrons. The van der Waals surface area contributed by atoms with Crippen LogP contribution < -0.4 is 5.32 Å². The molecule has 0 amide bonds. The molecule has 2 N–H and O–H groups in total. The van der Waals surface area contributed by atoms with Crippen LogP contribution in [0.4, 0.5) is 5.69 Å². The third kappa shape index (κ3) is 3.21. The van der Waals surface area contributed by atoms with Crippen molar-refractivity contribution >= 4 is 17.3 Å². The number of phenolic OH excluding ortho intramolecular Hbond substituents is 1. The average molecular weight is 276 g/mol. The van der Waals surface area contributed by atoms with Crippen molar-refractivity contribution in [2.45, 2.75) is 26.8 Å². The fourth-order valence-electron chi connectivity index (χ4n) is 2.03. The van der Waals surface area contributed by atoms with E-state index in [1.807, 2.05) is 51.1 Å². The molecule has 2 rings (SSSR count). The molecule has 0 spiro atoms. The number of hydrogen-bond donors (Lipinski definition) is 2. The topological polar surface area (TPSA) is 32.3 Å². The SMILES string of the molecule is Cc1ccc(C(C)Nc2ccc(C)c(Cl)c2)c(O)c1. The van der Waals surface area contributed by atoms with Crippen molar-refractivity contribution in [2.24, 2.45) is 0 Å². The van der Waals surface area contributed by atoms with E-state index in [2.05, 4.69) is 5.32 Å². The van der Waals surface area contributed by atoms with Crippen LogP contribution in [0.3, 0.4) is 0 Å². The highest BCUT2D eigenvalue weighted by Crippen LogP contribution is 2.29. The fourth-order valence-corrected chi connectivity index (χ4v) is 2.21. The first kappa shape index (κ1) is 13.8. The Morgan fingerprint density at radius 1 is 1.11 bits per heavy atom. The van der Waals surface area contributed by atoms with Gasteiger partial charge in [0.25, 0.3) is 0 Å². The summed E-state index contributed by atoms with van der Waals surface area (Å²) in [5.41, 5.74) is 3.93. The molecule has 0 aromatic heterocycles. The zero-order valence-corrected chi connectivity index (χ0v) is 12.1. The van der Waals surface area contributed by atoms with E-state index in [9.17, 15) is 5.11 Å². The third-order valence-electron chi connectivity index (χ3n) is 3.21. The predicted molar refractivity (Wildman–Crippen MR) is 81.1 cm³/mol. The summed E-state index contributed by atoms with van der Waals surface area (Å²) in [6.07, 6.45) is 0. The molecule has 0 heterocycles. The van der Waals surface area contributed by atoms with Crippen LogP contribution in [0, 0.1) is 13.8 Å². The highest BCUT2D eigenvalue weighted by molar-refractivity contribution is 6.31. The minimum atomic E-state index is 0.0133. The van der Waals surface area contributed by atoms with E-state index < -0.39 is 0 Å². The van der Waals surface area contributed by atoms with Gasteiger partial charge in [-0.05, 0) is 50.1 Å². The minimum absolute atomic E-state index is 0.0133. The van der Waals surface area contributed by atoms with Crippen molar-refractivity contribution in [3.8, 4) is 5.75 Å². The van der Waals surface area contributed by atoms with Gasteiger partial charge >= 0.3 is 0 Å². The quantitative estimate of drug-likeness (QED) is 0.840. The van der Waals surface area contributed by atoms with Crippen LogP contribution in [0.25, 0.3) is 0 Å². The van der Waals surface area contributed by atoms with Gasteiger partial charge in [0.2, 0.25) is 0 Å². The molecule has 0 radical (unpaired) electrons. The second-order valence-electron chi connectivity index (χ2n) is 4.89. The van der Waals surface area contributed by atoms with E-state index in [1.165, 1.54) is 0 Å². The highest BCUT2D eigenvalue weighted by atomic mass is 35.5. The third-order valence-corrected chi connectivity index (χ3v) is 3.61. The molecule has 1 atom stereocenters. The van der Waals surface area contributed by atoms with E-state index in [4.69, 9.17) is 11.6 Å². The van der Waals surface area contributed by atoms with Crippen LogP contribution in [0.5, 0.6) is 5.75 Å². The average Bonchev–Trinajstić information content (AvgIpc) is 2.33. The summed E-state index contributed by atoms with van der Waals surface area (Å²) in [5, 5.41) is 14.1. The molecule has 2 aromatic rings. The molecule has 0 aliphatic rings. The Bertz CT molecular complexity index is 595. The van der Waals surface area contributed by atoms with Gasteiger partial charge in [-0.25, -0.2) is 0 Å². The van der Waals surface area contributed by atoms with Gasteiger partial charge < -0.3 is 10.4 Å². The first-order valence-corrected chi connectivity index (χ1v) is 6.67. The fraction of sp³-hybridized carbons (Fsp3) is 0.250. The van der Waals surface area contributed by atoms with Gasteiger partial charge in [-0.15, -0.1) is 0 Å². The summed E-state index contributed by atoms with van der Waals surface area (Å²) in [6.45, 7) is 5.95. The lowest BCUT2D eigenvalue weighted by molar-refractivity contribution is 0.465. The Hall–Kier alpha value is -1.67. The number of anilines is 1. The highest BCUT2D eigenvalue weighted by Gasteiger charge is 2.10. The van der Waals surface area contributed by atoms with Gasteiger partial charge in [0, 0.05) is 16.3 Å². The van der Waals surface area contributed by atoms with Crippen LogP contribution in [-0.4, -0.2) is 5.11 Å². The first-order chi connectivity index (χ1) is 8.97. The summed E-state index contributed by atoms with van der Waals surface area (Å²) >= 11 is 6.11. The number of rotatable bonds is 3. The molecule has 1 unspecified atom stereocenters. The molecule has 0 aliphatic heterocycles. The Kier molecular flexibility index (Phi) is 4.01. The van der Waals surface area contributed by atoms with Gasteiger partial charge in [-0.3, -0.25) is 0 Å². The van der Waals surface area contributed by atoms with Gasteiger partial charge in [0.1, 0.15) is 5.75 Å². The van der Waals surface area contributed by atoms with Gasteiger partial charge in [-0.1, -0.05) is 29.8 Å². The molecule has 2 nitrogen and oxygen atoms in total. The van der Waals surface area contributed by atoms with Crippen molar-refractivity contribution in [3.05, 3.63) is 58.1 Å². The van der Waals surface area contributed by atoms with Crippen LogP contribution in [0.2, 0.25) is 5.02 Å². The molecule has 2 aromatic carbocycles. The summed E-state index contributed by atoms with van der Waals surface area (Å²) in [6, 6.07) is 11.6. The summed E-state index contributed by atoms with van der Waals surface area (Å²) in [4.78, 5) is 0. The monoisotopic (exact) mass is 275 g/mol. The van der Waals surface area contributed by atoms with Gasteiger partial charge in [-0.2, -0.15) is 0 Å². The Morgan fingerprint density at radius 2 is 1.84 bits per heavy atom. The predicted octanol–water partition coefficient (Wildman–Crippen LogP) is 4.84. The summed E-state index contributed by atoms with van der Waals surface area (Å²) in [5.74, 6) is 0.318. The zero-order chi connectivity index (χ0) is 14.0. The number of halogens is 1. The molecule has 0 aliphatic carbocycles. The van der Waals surface area contributed by atoms with Crippen LogP contribution in [0.15, 0.2) is 36.4 Å². The maximum Gasteiger partial charge on any atom is 0.121 e. The minimum Gasteiger partial charge on any atom is -0.508 e. The second kappa shape index (κ2) is 5.54. The van der Waals surface area contributed by atoms with Crippen LogP contribution in [0.1, 0.15) is 29.7 Å². The lowest BCUT2D eigenvalue weighted by Crippen LogP contribution is -2.07. The largest absolute Gasteiger partial charge is 0.508 e. The zero-order valence-electron chi connectivity index (χ0n) is 11.4. The Morgan fingerprint density at radius 3 is 2.47 bits per heavy atom. The molecule has 19 heavy (non-hydrogen) atoms.